The molecule has 2 radical (unpaired) electrons. The van der Waals surface area contributed by atoms with Gasteiger partial charge in [-0.2, -0.15) is 0 Å². The Morgan fingerprint density at radius 3 is 2.60 bits per heavy atom. The second-order valence-corrected chi connectivity index (χ2v) is 4.36. The molecule has 4 unspecified atom stereocenters. The lowest BCUT2D eigenvalue weighted by Crippen LogP contribution is -2.66. The molecule has 0 aromatic heterocycles. The first-order chi connectivity index (χ1) is 4.70. The summed E-state index contributed by atoms with van der Waals surface area (Å²) in [5.74, 6) is 1.11. The highest BCUT2D eigenvalue weighted by atomic mass is 127. The van der Waals surface area contributed by atoms with Crippen molar-refractivity contribution in [2.45, 2.75) is 24.3 Å². The van der Waals surface area contributed by atoms with E-state index in [4.69, 9.17) is 7.85 Å². The van der Waals surface area contributed by atoms with Gasteiger partial charge in [-0.15, -0.1) is 0 Å². The van der Waals surface area contributed by atoms with Gasteiger partial charge in [0.2, 0.25) is 0 Å². The maximum absolute atomic E-state index is 9.81. The Bertz CT molecular complexity index is 164. The molecular formula is C7H10BIO. The summed E-state index contributed by atoms with van der Waals surface area (Å²) in [6, 6.07) is 0. The van der Waals surface area contributed by atoms with E-state index >= 15 is 0 Å². The number of fused-ring (bicyclic) bond motifs is 1. The molecule has 2 aliphatic carbocycles. The molecule has 0 aromatic carbocycles. The van der Waals surface area contributed by atoms with Crippen LogP contribution in [0.1, 0.15) is 12.8 Å². The molecule has 0 heterocycles. The van der Waals surface area contributed by atoms with Crippen molar-refractivity contribution in [1.29, 1.82) is 0 Å². The van der Waals surface area contributed by atoms with Crippen LogP contribution in [0.15, 0.2) is 0 Å². The Labute approximate surface area is 76.1 Å². The van der Waals surface area contributed by atoms with Crippen LogP contribution in [0, 0.1) is 11.8 Å². The standard InChI is InChI=1S/C7H10BIO/c8-6-4-1-2-7(4,10)5(6)3-9/h4-6,10H,1-3H2. The Morgan fingerprint density at radius 1 is 1.70 bits per heavy atom. The summed E-state index contributed by atoms with van der Waals surface area (Å²) in [7, 11) is 5.84. The predicted octanol–water partition coefficient (Wildman–Crippen LogP) is 1.15. The molecular weight excluding hydrogens is 238 g/mol. The van der Waals surface area contributed by atoms with Crippen LogP contribution >= 0.6 is 22.6 Å². The lowest BCUT2D eigenvalue weighted by molar-refractivity contribution is -0.205. The van der Waals surface area contributed by atoms with Crippen LogP contribution in [0.25, 0.3) is 0 Å². The van der Waals surface area contributed by atoms with Gasteiger partial charge in [-0.05, 0) is 24.7 Å². The third kappa shape index (κ3) is 0.637. The van der Waals surface area contributed by atoms with Crippen molar-refractivity contribution in [3.05, 3.63) is 0 Å². The van der Waals surface area contributed by atoms with E-state index in [2.05, 4.69) is 22.6 Å². The zero-order valence-electron chi connectivity index (χ0n) is 5.76. The van der Waals surface area contributed by atoms with E-state index in [1.165, 1.54) is 0 Å². The van der Waals surface area contributed by atoms with Gasteiger partial charge in [-0.1, -0.05) is 28.4 Å². The van der Waals surface area contributed by atoms with Crippen molar-refractivity contribution >= 4 is 30.4 Å². The predicted molar refractivity (Wildman–Crippen MR) is 49.6 cm³/mol. The van der Waals surface area contributed by atoms with Crippen molar-refractivity contribution in [2.75, 3.05) is 4.43 Å². The second-order valence-electron chi connectivity index (χ2n) is 3.47. The first-order valence-corrected chi connectivity index (χ1v) is 5.26. The van der Waals surface area contributed by atoms with Gasteiger partial charge in [0.15, 0.2) is 0 Å². The number of aliphatic hydroxyl groups is 1. The van der Waals surface area contributed by atoms with Gasteiger partial charge in [0.05, 0.1) is 13.4 Å². The summed E-state index contributed by atoms with van der Waals surface area (Å²) in [5, 5.41) is 9.81. The molecule has 0 aromatic rings. The maximum atomic E-state index is 9.81. The number of hydrogen-bond acceptors (Lipinski definition) is 1. The Balaban J connectivity index is 2.09. The second kappa shape index (κ2) is 2.13. The van der Waals surface area contributed by atoms with Crippen molar-refractivity contribution in [3.8, 4) is 0 Å². The summed E-state index contributed by atoms with van der Waals surface area (Å²) < 4.78 is 1.01. The fraction of sp³-hybridized carbons (Fsp3) is 1.00. The van der Waals surface area contributed by atoms with Crippen molar-refractivity contribution in [2.24, 2.45) is 11.8 Å². The quantitative estimate of drug-likeness (QED) is 0.419. The lowest BCUT2D eigenvalue weighted by atomic mass is 9.39. The van der Waals surface area contributed by atoms with Gasteiger partial charge in [0.1, 0.15) is 0 Å². The van der Waals surface area contributed by atoms with Crippen LogP contribution in [-0.4, -0.2) is 23.0 Å². The van der Waals surface area contributed by atoms with Crippen LogP contribution in [0.5, 0.6) is 0 Å². The van der Waals surface area contributed by atoms with E-state index < -0.39 is 0 Å². The number of halogens is 1. The fourth-order valence-electron chi connectivity index (χ4n) is 2.32. The van der Waals surface area contributed by atoms with Crippen molar-refractivity contribution in [1.82, 2.24) is 0 Å². The average Bonchev–Trinajstić information content (AvgIpc) is 1.87. The molecule has 0 bridgehead atoms. The number of hydrogen-bond donors (Lipinski definition) is 1. The van der Waals surface area contributed by atoms with Crippen LogP contribution in [0.2, 0.25) is 5.82 Å². The summed E-state index contributed by atoms with van der Waals surface area (Å²) in [6.07, 6.45) is 2.13. The zero-order chi connectivity index (χ0) is 7.35. The van der Waals surface area contributed by atoms with Crippen LogP contribution in [0.4, 0.5) is 0 Å². The summed E-state index contributed by atoms with van der Waals surface area (Å²) >= 11 is 2.31. The minimum absolute atomic E-state index is 0.288. The fourth-order valence-corrected chi connectivity index (χ4v) is 3.67. The first-order valence-electron chi connectivity index (χ1n) is 3.74. The monoisotopic (exact) mass is 248 g/mol. The highest BCUT2D eigenvalue weighted by Gasteiger charge is 2.63. The SMILES string of the molecule is [B]C1C(CI)C2(O)CCC12. The van der Waals surface area contributed by atoms with Crippen LogP contribution in [0.3, 0.4) is 0 Å². The molecule has 10 heavy (non-hydrogen) atoms. The topological polar surface area (TPSA) is 20.2 Å². The first kappa shape index (κ1) is 7.41. The van der Waals surface area contributed by atoms with Crippen molar-refractivity contribution < 1.29 is 5.11 Å². The molecule has 2 rings (SSSR count). The highest BCUT2D eigenvalue weighted by Crippen LogP contribution is 2.63. The molecule has 0 aliphatic heterocycles. The van der Waals surface area contributed by atoms with Crippen LogP contribution < -0.4 is 0 Å². The Hall–Kier alpha value is 0.755. The van der Waals surface area contributed by atoms with Gasteiger partial charge in [-0.25, -0.2) is 0 Å². The molecule has 4 atom stereocenters. The van der Waals surface area contributed by atoms with Gasteiger partial charge < -0.3 is 5.11 Å². The normalized spacial score (nSPS) is 58.4. The minimum atomic E-state index is -0.333. The van der Waals surface area contributed by atoms with Gasteiger partial charge in [0, 0.05) is 4.43 Å². The molecule has 2 saturated carbocycles. The van der Waals surface area contributed by atoms with E-state index in [0.29, 0.717) is 11.8 Å². The maximum Gasteiger partial charge on any atom is 0.0710 e. The Kier molecular flexibility index (Phi) is 1.57. The smallest absolute Gasteiger partial charge is 0.0710 e. The summed E-state index contributed by atoms with van der Waals surface area (Å²) in [4.78, 5) is 0. The van der Waals surface area contributed by atoms with Gasteiger partial charge in [-0.3, -0.25) is 0 Å². The average molecular weight is 248 g/mol. The molecule has 0 saturated heterocycles. The third-order valence-electron chi connectivity index (χ3n) is 3.24. The van der Waals surface area contributed by atoms with E-state index in [1.807, 2.05) is 0 Å². The molecule has 3 heteroatoms. The molecule has 0 amide bonds. The molecule has 2 fully saturated rings. The number of rotatable bonds is 1. The molecule has 1 nitrogen and oxygen atoms in total. The van der Waals surface area contributed by atoms with Crippen molar-refractivity contribution in [3.63, 3.8) is 0 Å². The third-order valence-corrected chi connectivity index (χ3v) is 4.18. The van der Waals surface area contributed by atoms with Gasteiger partial charge in [0.25, 0.3) is 0 Å². The molecule has 54 valence electrons. The van der Waals surface area contributed by atoms with E-state index in [1.54, 1.807) is 0 Å². The summed E-state index contributed by atoms with van der Waals surface area (Å²) in [5.41, 5.74) is -0.333. The molecule has 1 N–H and O–H groups in total. The summed E-state index contributed by atoms with van der Waals surface area (Å²) in [6.45, 7) is 0. The van der Waals surface area contributed by atoms with E-state index in [9.17, 15) is 5.11 Å². The Morgan fingerprint density at radius 2 is 2.40 bits per heavy atom. The van der Waals surface area contributed by atoms with E-state index in [0.717, 1.165) is 17.3 Å². The van der Waals surface area contributed by atoms with E-state index in [-0.39, 0.29) is 11.4 Å². The van der Waals surface area contributed by atoms with Gasteiger partial charge >= 0.3 is 0 Å². The lowest BCUT2D eigenvalue weighted by Gasteiger charge is -2.65. The minimum Gasteiger partial charge on any atom is -0.389 e. The largest absolute Gasteiger partial charge is 0.389 e. The molecule has 0 spiro atoms. The molecule has 2 aliphatic rings. The van der Waals surface area contributed by atoms with Crippen LogP contribution in [-0.2, 0) is 0 Å². The zero-order valence-corrected chi connectivity index (χ0v) is 7.91. The highest BCUT2D eigenvalue weighted by molar-refractivity contribution is 14.1. The number of alkyl halides is 1.